The van der Waals surface area contributed by atoms with Crippen LogP contribution >= 0.6 is 0 Å². The van der Waals surface area contributed by atoms with Gasteiger partial charge in [-0.15, -0.1) is 0 Å². The highest BCUT2D eigenvalue weighted by Gasteiger charge is 2.39. The predicted molar refractivity (Wildman–Crippen MR) is 101 cm³/mol. The Morgan fingerprint density at radius 1 is 1.20 bits per heavy atom. The molecule has 0 aliphatic rings. The van der Waals surface area contributed by atoms with E-state index >= 15 is 0 Å². The van der Waals surface area contributed by atoms with Gasteiger partial charge >= 0.3 is 11.9 Å². The van der Waals surface area contributed by atoms with Crippen LogP contribution in [-0.2, 0) is 13.2 Å². The molecule has 1 aromatic heterocycles. The van der Waals surface area contributed by atoms with Crippen LogP contribution in [0.1, 0.15) is 16.1 Å². The minimum Gasteiger partial charge on any atom is -0.489 e. The molecule has 1 heterocycles. The lowest BCUT2D eigenvalue weighted by molar-refractivity contribution is -0.385. The number of hydrogen-bond donors (Lipinski definition) is 1. The standard InChI is InChI=1S/C19H15F3N4O4/c1-25-10-13(17(24-25)19(20,21)22)18(27)23-15-12(11-6-4-3-5-7-11)8-9-14(26(28)29)16(15)30-2/h3-10H,1-2H3,(H,23,27). The van der Waals surface area contributed by atoms with E-state index in [-0.39, 0.29) is 11.4 Å². The van der Waals surface area contributed by atoms with Gasteiger partial charge in [0.1, 0.15) is 0 Å². The van der Waals surface area contributed by atoms with Gasteiger partial charge in [0.05, 0.1) is 23.3 Å². The van der Waals surface area contributed by atoms with Gasteiger partial charge in [-0.2, -0.15) is 18.3 Å². The second kappa shape index (κ2) is 7.85. The van der Waals surface area contributed by atoms with E-state index in [4.69, 9.17) is 4.74 Å². The van der Waals surface area contributed by atoms with Crippen molar-refractivity contribution >= 4 is 17.3 Å². The maximum absolute atomic E-state index is 13.3. The predicted octanol–water partition coefficient (Wildman–Crippen LogP) is 4.28. The van der Waals surface area contributed by atoms with Gasteiger partial charge in [-0.1, -0.05) is 30.3 Å². The average molecular weight is 420 g/mol. The number of ether oxygens (including phenoxy) is 1. The van der Waals surface area contributed by atoms with Crippen LogP contribution in [0, 0.1) is 10.1 Å². The second-order valence-corrected chi connectivity index (χ2v) is 6.18. The molecule has 8 nitrogen and oxygen atoms in total. The Morgan fingerprint density at radius 3 is 2.43 bits per heavy atom. The molecule has 0 saturated carbocycles. The van der Waals surface area contributed by atoms with Crippen molar-refractivity contribution < 1.29 is 27.6 Å². The van der Waals surface area contributed by atoms with Crippen molar-refractivity contribution in [3.05, 3.63) is 70.0 Å². The monoisotopic (exact) mass is 420 g/mol. The molecule has 0 radical (unpaired) electrons. The molecule has 0 bridgehead atoms. The van der Waals surface area contributed by atoms with Crippen molar-refractivity contribution in [2.75, 3.05) is 12.4 Å². The molecule has 156 valence electrons. The van der Waals surface area contributed by atoms with Gasteiger partial charge < -0.3 is 10.1 Å². The highest BCUT2D eigenvalue weighted by atomic mass is 19.4. The van der Waals surface area contributed by atoms with Crippen LogP contribution in [0.3, 0.4) is 0 Å². The van der Waals surface area contributed by atoms with Gasteiger partial charge in [0, 0.05) is 24.9 Å². The number of amides is 1. The summed E-state index contributed by atoms with van der Waals surface area (Å²) in [7, 11) is 2.41. The zero-order chi connectivity index (χ0) is 22.1. The zero-order valence-corrected chi connectivity index (χ0v) is 15.7. The smallest absolute Gasteiger partial charge is 0.435 e. The lowest BCUT2D eigenvalue weighted by Crippen LogP contribution is -2.18. The van der Waals surface area contributed by atoms with E-state index in [0.29, 0.717) is 11.1 Å². The SMILES string of the molecule is COc1c([N+](=O)[O-])ccc(-c2ccccc2)c1NC(=O)c1cn(C)nc1C(F)(F)F. The number of methoxy groups -OCH3 is 1. The van der Waals surface area contributed by atoms with E-state index in [1.165, 1.54) is 19.2 Å². The fourth-order valence-electron chi connectivity index (χ4n) is 2.95. The molecule has 0 aliphatic carbocycles. The first-order valence-electron chi connectivity index (χ1n) is 8.46. The molecule has 11 heteroatoms. The van der Waals surface area contributed by atoms with Crippen molar-refractivity contribution in [1.29, 1.82) is 0 Å². The Hall–Kier alpha value is -3.89. The largest absolute Gasteiger partial charge is 0.489 e. The van der Waals surface area contributed by atoms with Crippen molar-refractivity contribution in [2.45, 2.75) is 6.18 Å². The molecule has 2 aromatic carbocycles. The number of carbonyl (C=O) groups is 1. The second-order valence-electron chi connectivity index (χ2n) is 6.18. The highest BCUT2D eigenvalue weighted by Crippen LogP contribution is 2.42. The van der Waals surface area contributed by atoms with Gasteiger partial charge in [0.25, 0.3) is 5.91 Å². The molecular formula is C19H15F3N4O4. The lowest BCUT2D eigenvalue weighted by atomic mass is 10.0. The van der Waals surface area contributed by atoms with Crippen molar-refractivity contribution in [3.8, 4) is 16.9 Å². The average Bonchev–Trinajstić information content (AvgIpc) is 3.10. The number of rotatable bonds is 5. The summed E-state index contributed by atoms with van der Waals surface area (Å²) in [5.74, 6) is -1.42. The number of aryl methyl sites for hydroxylation is 1. The molecular weight excluding hydrogens is 405 g/mol. The van der Waals surface area contributed by atoms with Crippen molar-refractivity contribution in [2.24, 2.45) is 7.05 Å². The molecule has 30 heavy (non-hydrogen) atoms. The van der Waals surface area contributed by atoms with Crippen LogP contribution in [0.2, 0.25) is 0 Å². The first-order chi connectivity index (χ1) is 14.1. The third kappa shape index (κ3) is 3.95. The van der Waals surface area contributed by atoms with Crippen LogP contribution in [-0.4, -0.2) is 27.7 Å². The maximum Gasteiger partial charge on any atom is 0.435 e. The summed E-state index contributed by atoms with van der Waals surface area (Å²) in [6.07, 6.45) is -3.94. The normalized spacial score (nSPS) is 11.2. The number of hydrogen-bond acceptors (Lipinski definition) is 5. The molecule has 0 atom stereocenters. The summed E-state index contributed by atoms with van der Waals surface area (Å²) < 4.78 is 45.8. The number of nitrogens with zero attached hydrogens (tertiary/aromatic N) is 3. The molecule has 0 saturated heterocycles. The van der Waals surface area contributed by atoms with Crippen molar-refractivity contribution in [1.82, 2.24) is 9.78 Å². The topological polar surface area (TPSA) is 99.3 Å². The van der Waals surface area contributed by atoms with Gasteiger partial charge in [0.2, 0.25) is 5.75 Å². The summed E-state index contributed by atoms with van der Waals surface area (Å²) in [6.45, 7) is 0. The molecule has 1 amide bonds. The summed E-state index contributed by atoms with van der Waals surface area (Å²) in [6, 6.07) is 11.1. The number of anilines is 1. The van der Waals surface area contributed by atoms with Crippen LogP contribution in [0.5, 0.6) is 5.75 Å². The van der Waals surface area contributed by atoms with E-state index in [1.807, 2.05) is 0 Å². The van der Waals surface area contributed by atoms with Gasteiger partial charge in [-0.05, 0) is 11.6 Å². The zero-order valence-electron chi connectivity index (χ0n) is 15.7. The summed E-state index contributed by atoms with van der Waals surface area (Å²) in [5.41, 5.74) is -1.76. The molecule has 3 rings (SSSR count). The van der Waals surface area contributed by atoms with Gasteiger partial charge in [-0.25, -0.2) is 0 Å². The van der Waals surface area contributed by atoms with E-state index < -0.39 is 34.0 Å². The summed E-state index contributed by atoms with van der Waals surface area (Å²) >= 11 is 0. The first-order valence-corrected chi connectivity index (χ1v) is 8.46. The fraction of sp³-hybridized carbons (Fsp3) is 0.158. The minimum absolute atomic E-state index is 0.125. The third-order valence-electron chi connectivity index (χ3n) is 4.20. The van der Waals surface area contributed by atoms with Crippen molar-refractivity contribution in [3.63, 3.8) is 0 Å². The minimum atomic E-state index is -4.86. The van der Waals surface area contributed by atoms with Gasteiger partial charge in [0.15, 0.2) is 5.69 Å². The van der Waals surface area contributed by atoms with Crippen LogP contribution in [0.25, 0.3) is 11.1 Å². The third-order valence-corrected chi connectivity index (χ3v) is 4.20. The van der Waals surface area contributed by atoms with Gasteiger partial charge in [-0.3, -0.25) is 19.6 Å². The van der Waals surface area contributed by atoms with Crippen LogP contribution in [0.15, 0.2) is 48.7 Å². The number of nitro benzene ring substituents is 1. The number of nitrogens with one attached hydrogen (secondary N) is 1. The Bertz CT molecular complexity index is 1110. The Kier molecular flexibility index (Phi) is 5.45. The number of aromatic nitrogens is 2. The number of nitro groups is 1. The van der Waals surface area contributed by atoms with E-state index in [0.717, 1.165) is 18.0 Å². The summed E-state index contributed by atoms with van der Waals surface area (Å²) in [5, 5.41) is 17.0. The Labute approximate surface area is 168 Å². The molecule has 3 aromatic rings. The summed E-state index contributed by atoms with van der Waals surface area (Å²) in [4.78, 5) is 23.4. The first kappa shape index (κ1) is 20.8. The van der Waals surface area contributed by atoms with E-state index in [1.54, 1.807) is 30.3 Å². The Balaban J connectivity index is 2.16. The quantitative estimate of drug-likeness (QED) is 0.491. The van der Waals surface area contributed by atoms with Crippen LogP contribution in [0.4, 0.5) is 24.5 Å². The number of halogens is 3. The van der Waals surface area contributed by atoms with Crippen LogP contribution < -0.4 is 10.1 Å². The number of benzene rings is 2. The molecule has 0 spiro atoms. The van der Waals surface area contributed by atoms with E-state index in [2.05, 4.69) is 10.4 Å². The highest BCUT2D eigenvalue weighted by molar-refractivity contribution is 6.08. The number of alkyl halides is 3. The molecule has 0 fully saturated rings. The lowest BCUT2D eigenvalue weighted by Gasteiger charge is -2.16. The molecule has 0 unspecified atom stereocenters. The fourth-order valence-corrected chi connectivity index (χ4v) is 2.95. The molecule has 1 N–H and O–H groups in total. The van der Waals surface area contributed by atoms with E-state index in [9.17, 15) is 28.1 Å². The maximum atomic E-state index is 13.3. The molecule has 0 aliphatic heterocycles. The number of carbonyl (C=O) groups excluding carboxylic acids is 1. The Morgan fingerprint density at radius 2 is 1.87 bits per heavy atom.